The van der Waals surface area contributed by atoms with E-state index < -0.39 is 30.7 Å². The minimum Gasteiger partial charge on any atom is -0.497 e. The van der Waals surface area contributed by atoms with E-state index in [1.165, 1.54) is 7.11 Å². The zero-order chi connectivity index (χ0) is 22.5. The van der Waals surface area contributed by atoms with Crippen LogP contribution < -0.4 is 19.5 Å². The number of aliphatic hydroxyl groups is 3. The molecule has 4 unspecified atom stereocenters. The normalized spacial score (nSPS) is 30.9. The molecule has 4 N–H and O–H groups in total. The van der Waals surface area contributed by atoms with Crippen molar-refractivity contribution in [2.45, 2.75) is 50.1 Å². The average Bonchev–Trinajstić information content (AvgIpc) is 2.80. The average molecular weight is 434 g/mol. The topological polar surface area (TPSA) is 110 Å². The summed E-state index contributed by atoms with van der Waals surface area (Å²) in [7, 11) is 4.98. The van der Waals surface area contributed by atoms with Gasteiger partial charge >= 0.3 is 0 Å². The lowest BCUT2D eigenvalue weighted by molar-refractivity contribution is -0.268. The first-order valence-corrected chi connectivity index (χ1v) is 10.2. The van der Waals surface area contributed by atoms with Crippen LogP contribution in [0, 0.1) is 0 Å². The van der Waals surface area contributed by atoms with Crippen molar-refractivity contribution in [3.63, 3.8) is 0 Å². The summed E-state index contributed by atoms with van der Waals surface area (Å²) in [6.07, 6.45) is 4.90. The SMILES string of the molecule is CNC1C=CC=C(/C=C/c2cc(OC)cc(OC)c2OC2OC(C)[C@@H](O)C(O)[C@H]2O)C1. The number of allylic oxidation sites excluding steroid dienone is 3. The van der Waals surface area contributed by atoms with Gasteiger partial charge in [0.05, 0.1) is 20.3 Å². The first-order valence-electron chi connectivity index (χ1n) is 10.2. The second-order valence-electron chi connectivity index (χ2n) is 7.61. The van der Waals surface area contributed by atoms with Crippen LogP contribution in [0.4, 0.5) is 0 Å². The van der Waals surface area contributed by atoms with Crippen LogP contribution in [0.25, 0.3) is 6.08 Å². The molecule has 0 bridgehead atoms. The Bertz CT molecular complexity index is 851. The Morgan fingerprint density at radius 1 is 1.06 bits per heavy atom. The second-order valence-corrected chi connectivity index (χ2v) is 7.61. The van der Waals surface area contributed by atoms with Crippen LogP contribution >= 0.6 is 0 Å². The van der Waals surface area contributed by atoms with E-state index in [9.17, 15) is 15.3 Å². The molecule has 1 fully saturated rings. The van der Waals surface area contributed by atoms with Gasteiger partial charge in [0.1, 0.15) is 24.1 Å². The van der Waals surface area contributed by atoms with E-state index in [2.05, 4.69) is 11.4 Å². The predicted molar refractivity (Wildman–Crippen MR) is 116 cm³/mol. The third-order valence-corrected chi connectivity index (χ3v) is 5.51. The van der Waals surface area contributed by atoms with Gasteiger partial charge in [-0.2, -0.15) is 0 Å². The van der Waals surface area contributed by atoms with Crippen molar-refractivity contribution in [2.24, 2.45) is 0 Å². The lowest BCUT2D eigenvalue weighted by Crippen LogP contribution is -2.58. The summed E-state index contributed by atoms with van der Waals surface area (Å²) in [4.78, 5) is 0. The molecule has 1 aromatic rings. The molecule has 1 heterocycles. The van der Waals surface area contributed by atoms with Crippen LogP contribution in [0.1, 0.15) is 18.9 Å². The fourth-order valence-electron chi connectivity index (χ4n) is 3.57. The van der Waals surface area contributed by atoms with Gasteiger partial charge in [-0.05, 0) is 32.0 Å². The summed E-state index contributed by atoms with van der Waals surface area (Å²) < 4.78 is 22.4. The van der Waals surface area contributed by atoms with Crippen LogP contribution in [-0.2, 0) is 4.74 Å². The number of hydrogen-bond donors (Lipinski definition) is 4. The van der Waals surface area contributed by atoms with Gasteiger partial charge in [0, 0.05) is 17.7 Å². The van der Waals surface area contributed by atoms with E-state index in [-0.39, 0.29) is 6.04 Å². The maximum atomic E-state index is 10.4. The van der Waals surface area contributed by atoms with E-state index in [1.54, 1.807) is 26.2 Å². The van der Waals surface area contributed by atoms with Crippen LogP contribution in [0.2, 0.25) is 0 Å². The van der Waals surface area contributed by atoms with Crippen molar-refractivity contribution in [1.82, 2.24) is 5.32 Å². The van der Waals surface area contributed by atoms with Crippen LogP contribution in [-0.4, -0.2) is 73.3 Å². The van der Waals surface area contributed by atoms with Crippen LogP contribution in [0.3, 0.4) is 0 Å². The number of methoxy groups -OCH3 is 2. The van der Waals surface area contributed by atoms with Crippen molar-refractivity contribution in [3.05, 3.63) is 47.6 Å². The molecule has 0 radical (unpaired) electrons. The molecule has 3 rings (SSSR count). The van der Waals surface area contributed by atoms with Crippen LogP contribution in [0.5, 0.6) is 17.2 Å². The highest BCUT2D eigenvalue weighted by Gasteiger charge is 2.43. The second kappa shape index (κ2) is 10.3. The zero-order valence-electron chi connectivity index (χ0n) is 18.2. The van der Waals surface area contributed by atoms with E-state index >= 15 is 0 Å². The summed E-state index contributed by atoms with van der Waals surface area (Å²) in [5, 5.41) is 33.7. The Kier molecular flexibility index (Phi) is 7.74. The molecule has 0 saturated carbocycles. The van der Waals surface area contributed by atoms with Gasteiger partial charge in [-0.25, -0.2) is 0 Å². The standard InChI is InChI=1S/C23H31NO7/c1-13-19(25)20(26)21(27)23(30-13)31-22-15(11-17(28-3)12-18(22)29-4)9-8-14-6-5-7-16(10-14)24-2/h5-9,11-13,16,19-21,23-27H,10H2,1-4H3/b9-8+/t13?,16?,19-,20?,21-,23?/m1/s1. The Hall–Kier alpha value is -2.36. The number of hydrogen-bond acceptors (Lipinski definition) is 8. The fourth-order valence-corrected chi connectivity index (χ4v) is 3.57. The minimum atomic E-state index is -1.43. The molecule has 8 nitrogen and oxygen atoms in total. The molecular formula is C23H31NO7. The molecule has 8 heteroatoms. The monoisotopic (exact) mass is 433 g/mol. The molecule has 1 aliphatic heterocycles. The first-order chi connectivity index (χ1) is 14.9. The quantitative estimate of drug-likeness (QED) is 0.511. The smallest absolute Gasteiger partial charge is 0.229 e. The van der Waals surface area contributed by atoms with Gasteiger partial charge < -0.3 is 39.6 Å². The highest BCUT2D eigenvalue weighted by molar-refractivity contribution is 5.66. The van der Waals surface area contributed by atoms with Crippen molar-refractivity contribution >= 4 is 6.08 Å². The summed E-state index contributed by atoms with van der Waals surface area (Å²) in [6.45, 7) is 1.60. The fraction of sp³-hybridized carbons (Fsp3) is 0.478. The third kappa shape index (κ3) is 5.28. The van der Waals surface area contributed by atoms with Gasteiger partial charge in [0.2, 0.25) is 6.29 Å². The van der Waals surface area contributed by atoms with Gasteiger partial charge in [0.25, 0.3) is 0 Å². The number of likely N-dealkylation sites (N-methyl/N-ethyl adjacent to an activating group) is 1. The number of aliphatic hydroxyl groups excluding tert-OH is 3. The lowest BCUT2D eigenvalue weighted by Gasteiger charge is -2.39. The summed E-state index contributed by atoms with van der Waals surface area (Å²) in [5.41, 5.74) is 1.77. The first kappa shape index (κ1) is 23.3. The molecule has 1 aromatic carbocycles. The number of rotatable bonds is 7. The Morgan fingerprint density at radius 3 is 2.52 bits per heavy atom. The largest absolute Gasteiger partial charge is 0.497 e. The molecule has 170 valence electrons. The van der Waals surface area contributed by atoms with Crippen molar-refractivity contribution in [2.75, 3.05) is 21.3 Å². The van der Waals surface area contributed by atoms with Crippen molar-refractivity contribution in [1.29, 1.82) is 0 Å². The minimum absolute atomic E-state index is 0.264. The molecule has 1 aliphatic carbocycles. The van der Waals surface area contributed by atoms with Crippen molar-refractivity contribution < 1.29 is 34.3 Å². The maximum Gasteiger partial charge on any atom is 0.229 e. The molecular weight excluding hydrogens is 402 g/mol. The molecule has 0 amide bonds. The third-order valence-electron chi connectivity index (χ3n) is 5.51. The summed E-state index contributed by atoms with van der Waals surface area (Å²) in [6, 6.07) is 3.71. The Balaban J connectivity index is 1.93. The lowest BCUT2D eigenvalue weighted by atomic mass is 9.99. The highest BCUT2D eigenvalue weighted by atomic mass is 16.7. The Labute approximate surface area is 182 Å². The summed E-state index contributed by atoms with van der Waals surface area (Å²) >= 11 is 0. The molecule has 1 saturated heterocycles. The van der Waals surface area contributed by atoms with E-state index in [0.717, 1.165) is 12.0 Å². The van der Waals surface area contributed by atoms with Gasteiger partial charge in [-0.3, -0.25) is 0 Å². The van der Waals surface area contributed by atoms with E-state index in [0.29, 0.717) is 22.8 Å². The number of nitrogens with one attached hydrogen (secondary N) is 1. The van der Waals surface area contributed by atoms with Gasteiger partial charge in [-0.15, -0.1) is 0 Å². The van der Waals surface area contributed by atoms with Crippen LogP contribution in [0.15, 0.2) is 42.0 Å². The Morgan fingerprint density at radius 2 is 1.84 bits per heavy atom. The molecule has 2 aliphatic rings. The molecule has 0 aromatic heterocycles. The van der Waals surface area contributed by atoms with Gasteiger partial charge in [0.15, 0.2) is 11.5 Å². The molecule has 31 heavy (non-hydrogen) atoms. The molecule has 6 atom stereocenters. The predicted octanol–water partition coefficient (Wildman–Crippen LogP) is 1.40. The molecule has 0 spiro atoms. The van der Waals surface area contributed by atoms with E-state index in [1.807, 2.05) is 31.4 Å². The highest BCUT2D eigenvalue weighted by Crippen LogP contribution is 2.39. The van der Waals surface area contributed by atoms with Gasteiger partial charge in [-0.1, -0.05) is 30.4 Å². The van der Waals surface area contributed by atoms with Crippen molar-refractivity contribution in [3.8, 4) is 17.2 Å². The zero-order valence-corrected chi connectivity index (χ0v) is 18.2. The number of ether oxygens (including phenoxy) is 4. The maximum absolute atomic E-state index is 10.4. The van der Waals surface area contributed by atoms with E-state index in [4.69, 9.17) is 18.9 Å². The number of benzene rings is 1. The summed E-state index contributed by atoms with van der Waals surface area (Å²) in [5.74, 6) is 1.29.